The Bertz CT molecular complexity index is 2790. The minimum Gasteiger partial charge on any atom is -1.00 e. The number of hydrogen-bond donors (Lipinski definition) is 0. The second-order valence-corrected chi connectivity index (χ2v) is 34.0. The summed E-state index contributed by atoms with van der Waals surface area (Å²) < 4.78 is 1.10. The van der Waals surface area contributed by atoms with Gasteiger partial charge in [-0.2, -0.15) is 0 Å². The molecule has 4 heteroatoms. The maximum atomic E-state index is 2.70. The Morgan fingerprint density at radius 1 is 0.414 bits per heavy atom. The number of hydrogen-bond acceptors (Lipinski definition) is 0. The van der Waals surface area contributed by atoms with Gasteiger partial charge < -0.3 is 24.8 Å². The van der Waals surface area contributed by atoms with Gasteiger partial charge in [-0.05, 0) is 0 Å². The standard InChI is InChI=1S/2C26H21.C2H6Si.2ClH.Zr/c2*1-2-8-21-17-20-10-4-6-13-23(20)26(21)24-14-7-11-19-16-15-18-9-3-5-12-22(18)25(19)24;1-3-2;;;/h2*3-7,9-17H,2,8H2,1H3;1-2H3;2*1H;/q;;;;;+2/p-2. The van der Waals surface area contributed by atoms with Crippen molar-refractivity contribution in [3.8, 4) is 0 Å². The van der Waals surface area contributed by atoms with Crippen molar-refractivity contribution in [1.82, 2.24) is 0 Å². The van der Waals surface area contributed by atoms with Crippen LogP contribution in [0.15, 0.2) is 169 Å². The molecule has 8 aromatic rings. The molecule has 0 bridgehead atoms. The predicted octanol–water partition coefficient (Wildman–Crippen LogP) is 9.19. The Kier molecular flexibility index (Phi) is 11.9. The van der Waals surface area contributed by atoms with E-state index in [4.69, 9.17) is 0 Å². The quantitative estimate of drug-likeness (QED) is 0.106. The van der Waals surface area contributed by atoms with Crippen LogP contribution >= 0.6 is 0 Å². The summed E-state index contributed by atoms with van der Waals surface area (Å²) in [5.74, 6) is 0. The van der Waals surface area contributed by atoms with Crippen LogP contribution in [0.5, 0.6) is 0 Å². The summed E-state index contributed by atoms with van der Waals surface area (Å²) in [6.07, 6.45) is 4.62. The van der Waals surface area contributed by atoms with E-state index in [1.807, 2.05) is 0 Å². The Labute approximate surface area is 364 Å². The van der Waals surface area contributed by atoms with Crippen molar-refractivity contribution < 1.29 is 45.2 Å². The van der Waals surface area contributed by atoms with Crippen molar-refractivity contribution in [2.45, 2.75) is 59.9 Å². The monoisotopic (exact) mass is 884 g/mol. The Morgan fingerprint density at radius 2 is 0.776 bits per heavy atom. The summed E-state index contributed by atoms with van der Waals surface area (Å²) in [5.41, 5.74) is 15.0. The third kappa shape index (κ3) is 6.51. The summed E-state index contributed by atoms with van der Waals surface area (Å²) in [5, 5.41) is 10.9. The number of fused-ring (bicyclic) bond motifs is 8. The largest absolute Gasteiger partial charge is 1.00 e. The van der Waals surface area contributed by atoms with E-state index in [2.05, 4.69) is 185 Å². The minimum atomic E-state index is -2.50. The molecule has 2 atom stereocenters. The predicted molar refractivity (Wildman–Crippen MR) is 241 cm³/mol. The molecular formula is C54H48Cl2SiZr. The molecule has 286 valence electrons. The zero-order valence-electron chi connectivity index (χ0n) is 33.8. The Hall–Kier alpha value is -4.04. The molecule has 0 spiro atoms. The molecule has 0 amide bonds. The molecule has 10 rings (SSSR count). The fourth-order valence-corrected chi connectivity index (χ4v) is 31.2. The molecule has 0 heterocycles. The second kappa shape index (κ2) is 16.9. The van der Waals surface area contributed by atoms with Crippen molar-refractivity contribution in [3.05, 3.63) is 202 Å². The number of allylic oxidation sites excluding steroid dienone is 2. The van der Waals surface area contributed by atoms with E-state index in [0.717, 1.165) is 25.7 Å². The minimum absolute atomic E-state index is 0. The number of rotatable bonds is 8. The molecule has 0 saturated heterocycles. The van der Waals surface area contributed by atoms with Crippen LogP contribution in [0.25, 0.3) is 54.2 Å². The van der Waals surface area contributed by atoms with Gasteiger partial charge in [-0.3, -0.25) is 0 Å². The van der Waals surface area contributed by atoms with E-state index in [9.17, 15) is 0 Å². The zero-order chi connectivity index (χ0) is 37.9. The third-order valence-corrected chi connectivity index (χ3v) is 32.1. The first-order chi connectivity index (χ1) is 27.6. The average Bonchev–Trinajstić information content (AvgIpc) is 3.72. The van der Waals surface area contributed by atoms with Crippen LogP contribution in [-0.4, -0.2) is 5.43 Å². The first-order valence-electron chi connectivity index (χ1n) is 20.7. The van der Waals surface area contributed by atoms with Crippen LogP contribution in [0.3, 0.4) is 0 Å². The second-order valence-electron chi connectivity index (χ2n) is 16.2. The molecule has 58 heavy (non-hydrogen) atoms. The van der Waals surface area contributed by atoms with Gasteiger partial charge in [-0.15, -0.1) is 0 Å². The molecule has 0 N–H and O–H groups in total. The SMILES string of the molecule is CCCC1=C(c2cccc3ccc4ccccc4c23)c2ccccc2[CH]1[Zr+2]([CH]1C(CCC)=C(c2cccc3ccc4ccccc4c23)c2ccccc21)=[Si](C)C.[Cl-].[Cl-]. The summed E-state index contributed by atoms with van der Waals surface area (Å²) in [6, 6.07) is 60.8. The molecule has 0 nitrogen and oxygen atoms in total. The van der Waals surface area contributed by atoms with Gasteiger partial charge in [-0.1, -0.05) is 0 Å². The van der Waals surface area contributed by atoms with Crippen LogP contribution in [0, 0.1) is 0 Å². The van der Waals surface area contributed by atoms with Gasteiger partial charge in [0.1, 0.15) is 0 Å². The molecule has 0 aromatic heterocycles. The van der Waals surface area contributed by atoms with Crippen molar-refractivity contribution in [1.29, 1.82) is 0 Å². The molecule has 0 radical (unpaired) electrons. The maximum absolute atomic E-state index is 2.70. The smallest absolute Gasteiger partial charge is 1.00 e. The van der Waals surface area contributed by atoms with Gasteiger partial charge in [-0.25, -0.2) is 0 Å². The van der Waals surface area contributed by atoms with Gasteiger partial charge >= 0.3 is 342 Å². The number of benzene rings is 8. The summed E-state index contributed by atoms with van der Waals surface area (Å²) in [4.78, 5) is 0. The molecule has 8 aromatic carbocycles. The van der Waals surface area contributed by atoms with Gasteiger partial charge in [0, 0.05) is 0 Å². The van der Waals surface area contributed by atoms with E-state index in [1.54, 1.807) is 33.4 Å². The van der Waals surface area contributed by atoms with Gasteiger partial charge in [0.2, 0.25) is 0 Å². The van der Waals surface area contributed by atoms with Crippen LogP contribution in [-0.2, 0) is 20.4 Å². The zero-order valence-corrected chi connectivity index (χ0v) is 38.7. The van der Waals surface area contributed by atoms with E-state index >= 15 is 0 Å². The van der Waals surface area contributed by atoms with Crippen LogP contribution in [0.4, 0.5) is 0 Å². The van der Waals surface area contributed by atoms with Crippen molar-refractivity contribution in [2.75, 3.05) is 0 Å². The number of halogens is 2. The summed E-state index contributed by atoms with van der Waals surface area (Å²) >= 11 is -2.50. The molecular weight excluding hydrogens is 839 g/mol. The first-order valence-corrected chi connectivity index (χ1v) is 29.7. The van der Waals surface area contributed by atoms with Crippen LogP contribution in [0.2, 0.25) is 13.1 Å². The van der Waals surface area contributed by atoms with Gasteiger partial charge in [0.05, 0.1) is 0 Å². The van der Waals surface area contributed by atoms with Crippen LogP contribution < -0.4 is 24.8 Å². The van der Waals surface area contributed by atoms with Crippen molar-refractivity contribution in [2.24, 2.45) is 0 Å². The Balaban J connectivity index is 0.00000235. The van der Waals surface area contributed by atoms with Gasteiger partial charge in [0.15, 0.2) is 0 Å². The maximum Gasteiger partial charge on any atom is -1.00 e. The fraction of sp³-hybridized carbons (Fsp3) is 0.185. The Morgan fingerprint density at radius 3 is 1.21 bits per heavy atom. The molecule has 0 aliphatic heterocycles. The van der Waals surface area contributed by atoms with E-state index in [1.165, 1.54) is 65.3 Å². The van der Waals surface area contributed by atoms with Crippen molar-refractivity contribution >= 4 is 59.7 Å². The topological polar surface area (TPSA) is 0 Å². The summed E-state index contributed by atoms with van der Waals surface area (Å²) in [6.45, 7) is 10.2. The van der Waals surface area contributed by atoms with E-state index in [0.29, 0.717) is 7.25 Å². The van der Waals surface area contributed by atoms with Gasteiger partial charge in [0.25, 0.3) is 0 Å². The molecule has 0 saturated carbocycles. The molecule has 2 aliphatic rings. The summed E-state index contributed by atoms with van der Waals surface area (Å²) in [7, 11) is 0. The normalized spacial score (nSPS) is 15.6. The third-order valence-electron chi connectivity index (χ3n) is 12.7. The fourth-order valence-electron chi connectivity index (χ4n) is 10.7. The van der Waals surface area contributed by atoms with Crippen molar-refractivity contribution in [3.63, 3.8) is 0 Å². The van der Waals surface area contributed by atoms with Crippen LogP contribution in [0.1, 0.15) is 80.2 Å². The average molecular weight is 887 g/mol. The molecule has 0 fully saturated rings. The first kappa shape index (κ1) is 40.7. The van der Waals surface area contributed by atoms with E-state index < -0.39 is 25.8 Å². The molecule has 2 aliphatic carbocycles. The molecule has 2 unspecified atom stereocenters. The van der Waals surface area contributed by atoms with E-state index in [-0.39, 0.29) is 24.8 Å².